The molecule has 0 bridgehead atoms. The van der Waals surface area contributed by atoms with Crippen molar-refractivity contribution in [2.75, 3.05) is 0 Å². The van der Waals surface area contributed by atoms with Gasteiger partial charge in [-0.2, -0.15) is 0 Å². The molecular weight excluding hydrogens is 384 g/mol. The van der Waals surface area contributed by atoms with E-state index in [0.29, 0.717) is 12.8 Å². The summed E-state index contributed by atoms with van der Waals surface area (Å²) < 4.78 is 53.7. The molecule has 2 aromatic carbocycles. The third kappa shape index (κ3) is 3.73. The van der Waals surface area contributed by atoms with E-state index < -0.39 is 43.4 Å². The zero-order valence-corrected chi connectivity index (χ0v) is 15.2. The maximum atomic E-state index is 13.9. The van der Waals surface area contributed by atoms with Crippen LogP contribution in [0.4, 0.5) is 8.78 Å². The molecule has 0 heterocycles. The molecule has 1 amide bonds. The van der Waals surface area contributed by atoms with Crippen LogP contribution in [-0.4, -0.2) is 14.3 Å². The summed E-state index contributed by atoms with van der Waals surface area (Å²) in [6.07, 6.45) is 1.75. The molecule has 1 aliphatic carbocycles. The summed E-state index contributed by atoms with van der Waals surface area (Å²) in [6, 6.07) is 11.3. The average Bonchev–Trinajstić information content (AvgIpc) is 3.09. The maximum absolute atomic E-state index is 13.9. The molecular formula is C18H16ClF2NO3S. The van der Waals surface area contributed by atoms with Crippen LogP contribution in [0, 0.1) is 17.6 Å². The van der Waals surface area contributed by atoms with Crippen LogP contribution in [0.5, 0.6) is 0 Å². The zero-order chi connectivity index (χ0) is 18.9. The Morgan fingerprint density at radius 2 is 1.77 bits per heavy atom. The van der Waals surface area contributed by atoms with E-state index in [2.05, 4.69) is 0 Å². The summed E-state index contributed by atoms with van der Waals surface area (Å²) in [7, 11) is -4.61. The van der Waals surface area contributed by atoms with E-state index >= 15 is 0 Å². The van der Waals surface area contributed by atoms with E-state index in [1.165, 1.54) is 0 Å². The minimum atomic E-state index is -4.61. The SMILES string of the molecule is O=C(NS(=O)(=O)c1c(Cl)ccc(F)c1F)[C@H]1CC[C@H](c2ccccc2)C1. The third-order valence-corrected chi connectivity index (χ3v) is 6.41. The Morgan fingerprint density at radius 1 is 1.08 bits per heavy atom. The molecule has 0 aliphatic heterocycles. The molecule has 0 aromatic heterocycles. The Labute approximate surface area is 155 Å². The number of sulfonamides is 1. The van der Waals surface area contributed by atoms with Gasteiger partial charge in [-0.05, 0) is 42.9 Å². The first kappa shape index (κ1) is 18.8. The van der Waals surface area contributed by atoms with Gasteiger partial charge in [0.25, 0.3) is 10.0 Å². The zero-order valence-electron chi connectivity index (χ0n) is 13.6. The Morgan fingerprint density at radius 3 is 2.46 bits per heavy atom. The first-order valence-electron chi connectivity index (χ1n) is 8.04. The Bertz CT molecular complexity index is 935. The maximum Gasteiger partial charge on any atom is 0.268 e. The topological polar surface area (TPSA) is 63.2 Å². The minimum Gasteiger partial charge on any atom is -0.274 e. The largest absolute Gasteiger partial charge is 0.274 e. The molecule has 0 radical (unpaired) electrons. The van der Waals surface area contributed by atoms with Crippen molar-refractivity contribution in [2.45, 2.75) is 30.1 Å². The van der Waals surface area contributed by atoms with E-state index in [1.54, 1.807) is 0 Å². The number of hydrogen-bond acceptors (Lipinski definition) is 3. The van der Waals surface area contributed by atoms with E-state index in [1.807, 2.05) is 35.1 Å². The van der Waals surface area contributed by atoms with Crippen molar-refractivity contribution in [3.05, 3.63) is 64.7 Å². The summed E-state index contributed by atoms with van der Waals surface area (Å²) in [4.78, 5) is 11.3. The molecule has 2 aromatic rings. The molecule has 1 fully saturated rings. The van der Waals surface area contributed by atoms with Crippen molar-refractivity contribution in [3.63, 3.8) is 0 Å². The molecule has 1 N–H and O–H groups in total. The lowest BCUT2D eigenvalue weighted by Crippen LogP contribution is -2.35. The van der Waals surface area contributed by atoms with Crippen molar-refractivity contribution < 1.29 is 22.0 Å². The number of nitrogens with one attached hydrogen (secondary N) is 1. The van der Waals surface area contributed by atoms with Gasteiger partial charge in [0, 0.05) is 5.92 Å². The third-order valence-electron chi connectivity index (χ3n) is 4.58. The Kier molecular flexibility index (Phi) is 5.29. The van der Waals surface area contributed by atoms with Gasteiger partial charge in [-0.25, -0.2) is 21.9 Å². The summed E-state index contributed by atoms with van der Waals surface area (Å²) in [5.41, 5.74) is 1.09. The Balaban J connectivity index is 1.75. The number of amides is 1. The molecule has 0 unspecified atom stereocenters. The van der Waals surface area contributed by atoms with Crippen molar-refractivity contribution in [1.82, 2.24) is 4.72 Å². The quantitative estimate of drug-likeness (QED) is 0.790. The van der Waals surface area contributed by atoms with Crippen molar-refractivity contribution in [3.8, 4) is 0 Å². The van der Waals surface area contributed by atoms with Gasteiger partial charge in [-0.3, -0.25) is 4.79 Å². The van der Waals surface area contributed by atoms with Crippen molar-refractivity contribution in [1.29, 1.82) is 0 Å². The monoisotopic (exact) mass is 399 g/mol. The standard InChI is InChI=1S/C18H16ClF2NO3S/c19-14-8-9-15(20)16(21)17(14)26(24,25)22-18(23)13-7-6-12(10-13)11-4-2-1-3-5-11/h1-5,8-9,12-13H,6-7,10H2,(H,22,23)/t12-,13-/m0/s1. The first-order valence-corrected chi connectivity index (χ1v) is 9.91. The van der Waals surface area contributed by atoms with E-state index in [0.717, 1.165) is 24.1 Å². The van der Waals surface area contributed by atoms with Gasteiger partial charge in [0.15, 0.2) is 11.6 Å². The molecule has 8 heteroatoms. The molecule has 3 rings (SSSR count). The highest BCUT2D eigenvalue weighted by Gasteiger charge is 2.34. The second kappa shape index (κ2) is 7.32. The molecule has 2 atom stereocenters. The van der Waals surface area contributed by atoms with Gasteiger partial charge in [-0.15, -0.1) is 0 Å². The van der Waals surface area contributed by atoms with Gasteiger partial charge in [-0.1, -0.05) is 41.9 Å². The number of rotatable bonds is 4. The van der Waals surface area contributed by atoms with Crippen molar-refractivity contribution >= 4 is 27.5 Å². The van der Waals surface area contributed by atoms with Crippen LogP contribution >= 0.6 is 11.6 Å². The molecule has 1 aliphatic rings. The average molecular weight is 400 g/mol. The van der Waals surface area contributed by atoms with Crippen LogP contribution in [0.1, 0.15) is 30.7 Å². The van der Waals surface area contributed by atoms with Gasteiger partial charge in [0.05, 0.1) is 5.02 Å². The van der Waals surface area contributed by atoms with Crippen LogP contribution in [0.3, 0.4) is 0 Å². The number of benzene rings is 2. The van der Waals surface area contributed by atoms with E-state index in [4.69, 9.17) is 11.6 Å². The fraction of sp³-hybridized carbons (Fsp3) is 0.278. The lowest BCUT2D eigenvalue weighted by molar-refractivity contribution is -0.123. The van der Waals surface area contributed by atoms with Gasteiger partial charge < -0.3 is 0 Å². The normalized spacial score (nSPS) is 20.1. The van der Waals surface area contributed by atoms with E-state index in [9.17, 15) is 22.0 Å². The highest BCUT2D eigenvalue weighted by atomic mass is 35.5. The molecule has 26 heavy (non-hydrogen) atoms. The van der Waals surface area contributed by atoms with Gasteiger partial charge in [0.2, 0.25) is 5.91 Å². The lowest BCUT2D eigenvalue weighted by Gasteiger charge is -2.14. The smallest absolute Gasteiger partial charge is 0.268 e. The molecule has 138 valence electrons. The van der Waals surface area contributed by atoms with Crippen LogP contribution in [0.2, 0.25) is 5.02 Å². The lowest BCUT2D eigenvalue weighted by atomic mass is 9.96. The number of hydrogen-bond donors (Lipinski definition) is 1. The van der Waals surface area contributed by atoms with Gasteiger partial charge in [0.1, 0.15) is 4.90 Å². The fourth-order valence-electron chi connectivity index (χ4n) is 3.27. The molecule has 1 saturated carbocycles. The molecule has 0 saturated heterocycles. The van der Waals surface area contributed by atoms with E-state index in [-0.39, 0.29) is 5.92 Å². The number of carbonyl (C=O) groups is 1. The van der Waals surface area contributed by atoms with Gasteiger partial charge >= 0.3 is 0 Å². The summed E-state index contributed by atoms with van der Waals surface area (Å²) in [6.45, 7) is 0. The fourth-order valence-corrected chi connectivity index (χ4v) is 4.91. The van der Waals surface area contributed by atoms with Crippen LogP contribution < -0.4 is 4.72 Å². The summed E-state index contributed by atoms with van der Waals surface area (Å²) in [5.74, 6) is -4.06. The summed E-state index contributed by atoms with van der Waals surface area (Å²) >= 11 is 5.70. The summed E-state index contributed by atoms with van der Waals surface area (Å²) in [5, 5.41) is -0.488. The highest BCUT2D eigenvalue weighted by Crippen LogP contribution is 2.38. The van der Waals surface area contributed by atoms with Crippen LogP contribution in [0.25, 0.3) is 0 Å². The minimum absolute atomic E-state index is 0.157. The molecule has 0 spiro atoms. The first-order chi connectivity index (χ1) is 12.3. The van der Waals surface area contributed by atoms with Crippen LogP contribution in [-0.2, 0) is 14.8 Å². The predicted octanol–water partition coefficient (Wildman–Crippen LogP) is 4.01. The van der Waals surface area contributed by atoms with Crippen LogP contribution in [0.15, 0.2) is 47.4 Å². The molecule has 4 nitrogen and oxygen atoms in total. The Hall–Kier alpha value is -1.99. The second-order valence-electron chi connectivity index (χ2n) is 6.26. The predicted molar refractivity (Wildman–Crippen MR) is 93.2 cm³/mol. The second-order valence-corrected chi connectivity index (χ2v) is 8.29. The highest BCUT2D eigenvalue weighted by molar-refractivity contribution is 7.90. The number of halogens is 3. The number of carbonyl (C=O) groups excluding carboxylic acids is 1. The van der Waals surface area contributed by atoms with Crippen molar-refractivity contribution in [2.24, 2.45) is 5.92 Å².